The Morgan fingerprint density at radius 3 is 2.42 bits per heavy atom. The van der Waals surface area contributed by atoms with E-state index in [1.54, 1.807) is 6.92 Å². The fourth-order valence-electron chi connectivity index (χ4n) is 1.71. The van der Waals surface area contributed by atoms with Crippen molar-refractivity contribution in [2.24, 2.45) is 0 Å². The molecule has 0 radical (unpaired) electrons. The number of amides is 3. The van der Waals surface area contributed by atoms with Crippen LogP contribution in [0.3, 0.4) is 0 Å². The molecular weight excluding hydrogens is 242 g/mol. The van der Waals surface area contributed by atoms with Crippen LogP contribution in [0.1, 0.15) is 25.0 Å². The standard InChI is InChI=1S/C14H21N3O2/c1-4-11-7-5-6-8-12(11)9-16-10(2)13(18)17-14(19)15-3/h5-8,10,16H,4,9H2,1-3H3,(H2,15,17,18,19). The molecule has 0 bridgehead atoms. The number of imide groups is 1. The Hall–Kier alpha value is -1.88. The predicted molar refractivity (Wildman–Crippen MR) is 74.7 cm³/mol. The minimum absolute atomic E-state index is 0.340. The van der Waals surface area contributed by atoms with Crippen molar-refractivity contribution in [3.8, 4) is 0 Å². The Kier molecular flexibility index (Phi) is 6.02. The number of rotatable bonds is 5. The lowest BCUT2D eigenvalue weighted by atomic mass is 10.1. The van der Waals surface area contributed by atoms with E-state index < -0.39 is 12.1 Å². The van der Waals surface area contributed by atoms with E-state index in [0.717, 1.165) is 6.42 Å². The zero-order valence-electron chi connectivity index (χ0n) is 11.6. The summed E-state index contributed by atoms with van der Waals surface area (Å²) in [5.41, 5.74) is 2.43. The molecule has 0 spiro atoms. The molecule has 1 unspecified atom stereocenters. The Labute approximate surface area is 113 Å². The minimum atomic E-state index is -0.493. The molecule has 19 heavy (non-hydrogen) atoms. The fourth-order valence-corrected chi connectivity index (χ4v) is 1.71. The highest BCUT2D eigenvalue weighted by atomic mass is 16.2. The van der Waals surface area contributed by atoms with Gasteiger partial charge in [0.05, 0.1) is 6.04 Å². The quantitative estimate of drug-likeness (QED) is 0.747. The van der Waals surface area contributed by atoms with Crippen LogP contribution in [0, 0.1) is 0 Å². The normalized spacial score (nSPS) is 11.7. The molecular formula is C14H21N3O2. The van der Waals surface area contributed by atoms with Crippen molar-refractivity contribution in [2.75, 3.05) is 7.05 Å². The highest BCUT2D eigenvalue weighted by Gasteiger charge is 2.14. The molecule has 1 aromatic carbocycles. The first-order valence-electron chi connectivity index (χ1n) is 6.41. The van der Waals surface area contributed by atoms with Crippen LogP contribution in [0.4, 0.5) is 4.79 Å². The van der Waals surface area contributed by atoms with Crippen LogP contribution < -0.4 is 16.0 Å². The molecule has 5 heteroatoms. The molecule has 104 valence electrons. The second-order valence-corrected chi connectivity index (χ2v) is 4.29. The predicted octanol–water partition coefficient (Wildman–Crippen LogP) is 1.18. The van der Waals surface area contributed by atoms with Crippen LogP contribution in [0.15, 0.2) is 24.3 Å². The first-order chi connectivity index (χ1) is 9.08. The van der Waals surface area contributed by atoms with Gasteiger partial charge in [0.2, 0.25) is 5.91 Å². The third-order valence-electron chi connectivity index (χ3n) is 2.96. The molecule has 0 aliphatic carbocycles. The second kappa shape index (κ2) is 7.53. The molecule has 1 atom stereocenters. The summed E-state index contributed by atoms with van der Waals surface area (Å²) in [6, 6.07) is 7.17. The third-order valence-corrected chi connectivity index (χ3v) is 2.96. The molecule has 0 heterocycles. The van der Waals surface area contributed by atoms with Gasteiger partial charge in [-0.3, -0.25) is 10.1 Å². The van der Waals surface area contributed by atoms with E-state index in [4.69, 9.17) is 0 Å². The van der Waals surface area contributed by atoms with E-state index in [1.165, 1.54) is 18.2 Å². The molecule has 1 rings (SSSR count). The molecule has 0 aromatic heterocycles. The van der Waals surface area contributed by atoms with Gasteiger partial charge in [0.1, 0.15) is 0 Å². The third kappa shape index (κ3) is 4.71. The van der Waals surface area contributed by atoms with E-state index >= 15 is 0 Å². The van der Waals surface area contributed by atoms with Crippen molar-refractivity contribution in [1.82, 2.24) is 16.0 Å². The van der Waals surface area contributed by atoms with E-state index in [9.17, 15) is 9.59 Å². The highest BCUT2D eigenvalue weighted by Crippen LogP contribution is 2.09. The van der Waals surface area contributed by atoms with Crippen molar-refractivity contribution in [3.63, 3.8) is 0 Å². The number of carbonyl (C=O) groups excluding carboxylic acids is 2. The summed E-state index contributed by atoms with van der Waals surface area (Å²) in [5.74, 6) is -0.340. The Morgan fingerprint density at radius 1 is 1.21 bits per heavy atom. The SMILES string of the molecule is CCc1ccccc1CNC(C)C(=O)NC(=O)NC. The number of hydrogen-bond acceptors (Lipinski definition) is 3. The summed E-state index contributed by atoms with van der Waals surface area (Å²) in [7, 11) is 1.47. The number of carbonyl (C=O) groups is 2. The van der Waals surface area contributed by atoms with Crippen molar-refractivity contribution < 1.29 is 9.59 Å². The molecule has 5 nitrogen and oxygen atoms in total. The zero-order chi connectivity index (χ0) is 14.3. The molecule has 3 N–H and O–H groups in total. The molecule has 0 saturated heterocycles. The maximum absolute atomic E-state index is 11.7. The van der Waals surface area contributed by atoms with Gasteiger partial charge in [0.25, 0.3) is 0 Å². The number of hydrogen-bond donors (Lipinski definition) is 3. The van der Waals surface area contributed by atoms with Crippen LogP contribution >= 0.6 is 0 Å². The first-order valence-corrected chi connectivity index (χ1v) is 6.41. The molecule has 1 aromatic rings. The average molecular weight is 263 g/mol. The summed E-state index contributed by atoms with van der Waals surface area (Å²) >= 11 is 0. The maximum atomic E-state index is 11.7. The molecule has 0 saturated carbocycles. The number of nitrogens with one attached hydrogen (secondary N) is 3. The van der Waals surface area contributed by atoms with E-state index in [2.05, 4.69) is 28.9 Å². The fraction of sp³-hybridized carbons (Fsp3) is 0.429. The van der Waals surface area contributed by atoms with Crippen molar-refractivity contribution in [1.29, 1.82) is 0 Å². The molecule has 0 aliphatic heterocycles. The maximum Gasteiger partial charge on any atom is 0.321 e. The topological polar surface area (TPSA) is 70.2 Å². The Morgan fingerprint density at radius 2 is 1.84 bits per heavy atom. The van der Waals surface area contributed by atoms with Gasteiger partial charge in [0, 0.05) is 13.6 Å². The average Bonchev–Trinajstić information content (AvgIpc) is 2.44. The summed E-state index contributed by atoms with van der Waals surface area (Å²) < 4.78 is 0. The lowest BCUT2D eigenvalue weighted by Crippen LogP contribution is -2.47. The van der Waals surface area contributed by atoms with Gasteiger partial charge >= 0.3 is 6.03 Å². The van der Waals surface area contributed by atoms with Crippen LogP contribution in [0.25, 0.3) is 0 Å². The van der Waals surface area contributed by atoms with Crippen molar-refractivity contribution >= 4 is 11.9 Å². The summed E-state index contributed by atoms with van der Waals surface area (Å²) in [4.78, 5) is 22.7. The lowest BCUT2D eigenvalue weighted by Gasteiger charge is -2.14. The minimum Gasteiger partial charge on any atom is -0.341 e. The Balaban J connectivity index is 2.51. The van der Waals surface area contributed by atoms with Gasteiger partial charge in [-0.25, -0.2) is 4.79 Å². The number of benzene rings is 1. The van der Waals surface area contributed by atoms with Crippen LogP contribution in [-0.2, 0) is 17.8 Å². The second-order valence-electron chi connectivity index (χ2n) is 4.29. The van der Waals surface area contributed by atoms with Gasteiger partial charge in [-0.2, -0.15) is 0 Å². The van der Waals surface area contributed by atoms with Gasteiger partial charge in [-0.15, -0.1) is 0 Å². The van der Waals surface area contributed by atoms with E-state index in [0.29, 0.717) is 6.54 Å². The first kappa shape index (κ1) is 15.2. The lowest BCUT2D eigenvalue weighted by molar-refractivity contribution is -0.121. The zero-order valence-corrected chi connectivity index (χ0v) is 11.6. The van der Waals surface area contributed by atoms with Crippen LogP contribution in [0.2, 0.25) is 0 Å². The number of aryl methyl sites for hydroxylation is 1. The highest BCUT2D eigenvalue weighted by molar-refractivity contribution is 5.96. The van der Waals surface area contributed by atoms with Gasteiger partial charge in [-0.05, 0) is 24.5 Å². The van der Waals surface area contributed by atoms with Crippen LogP contribution in [-0.4, -0.2) is 25.0 Å². The number of urea groups is 1. The smallest absolute Gasteiger partial charge is 0.321 e. The van der Waals surface area contributed by atoms with Gasteiger partial charge in [0.15, 0.2) is 0 Å². The molecule has 0 aliphatic rings. The monoisotopic (exact) mass is 263 g/mol. The largest absolute Gasteiger partial charge is 0.341 e. The summed E-state index contributed by atoms with van der Waals surface area (Å²) in [5, 5.41) is 7.70. The van der Waals surface area contributed by atoms with Crippen molar-refractivity contribution in [2.45, 2.75) is 32.9 Å². The summed E-state index contributed by atoms with van der Waals surface area (Å²) in [6.45, 7) is 4.43. The van der Waals surface area contributed by atoms with Crippen LogP contribution in [0.5, 0.6) is 0 Å². The van der Waals surface area contributed by atoms with E-state index in [-0.39, 0.29) is 5.91 Å². The van der Waals surface area contributed by atoms with Gasteiger partial charge in [-0.1, -0.05) is 31.2 Å². The van der Waals surface area contributed by atoms with Gasteiger partial charge < -0.3 is 10.6 Å². The van der Waals surface area contributed by atoms with Crippen molar-refractivity contribution in [3.05, 3.63) is 35.4 Å². The van der Waals surface area contributed by atoms with E-state index in [1.807, 2.05) is 18.2 Å². The summed E-state index contributed by atoms with van der Waals surface area (Å²) in [6.07, 6.45) is 0.955. The molecule has 3 amide bonds. The Bertz CT molecular complexity index is 446. The molecule has 0 fully saturated rings.